The number of hydrogen-bond acceptors (Lipinski definition) is 5. The normalized spacial score (nSPS) is 17.5. The molecule has 6 heteroatoms. The quantitative estimate of drug-likeness (QED) is 0.907. The van der Waals surface area contributed by atoms with Gasteiger partial charge in [0.1, 0.15) is 11.8 Å². The third-order valence-corrected chi connectivity index (χ3v) is 3.09. The summed E-state index contributed by atoms with van der Waals surface area (Å²) in [4.78, 5) is 15.0. The van der Waals surface area contributed by atoms with E-state index in [-0.39, 0.29) is 6.10 Å². The summed E-state index contributed by atoms with van der Waals surface area (Å²) >= 11 is 0. The lowest BCUT2D eigenvalue weighted by Gasteiger charge is -2.20. The van der Waals surface area contributed by atoms with Gasteiger partial charge in [0.15, 0.2) is 0 Å². The Hall–Kier alpha value is -2.89. The molecule has 1 aliphatic rings. The Morgan fingerprint density at radius 2 is 1.76 bits per heavy atom. The summed E-state index contributed by atoms with van der Waals surface area (Å²) in [5, 5.41) is 7.31. The number of cyclic esters (lactones) is 1. The van der Waals surface area contributed by atoms with Gasteiger partial charge in [0, 0.05) is 29.3 Å². The van der Waals surface area contributed by atoms with Gasteiger partial charge in [-0.15, -0.1) is 0 Å². The van der Waals surface area contributed by atoms with Gasteiger partial charge in [0.05, 0.1) is 0 Å². The van der Waals surface area contributed by atoms with Crippen molar-refractivity contribution < 1.29 is 9.53 Å². The number of aromatic nitrogens is 1. The Morgan fingerprint density at radius 1 is 1.10 bits per heavy atom. The van der Waals surface area contributed by atoms with Gasteiger partial charge in [-0.1, -0.05) is 12.1 Å². The Balaban J connectivity index is 1.77. The third kappa shape index (κ3) is 3.00. The van der Waals surface area contributed by atoms with Crippen molar-refractivity contribution in [3.63, 3.8) is 0 Å². The van der Waals surface area contributed by atoms with E-state index in [2.05, 4.69) is 20.8 Å². The van der Waals surface area contributed by atoms with Crippen LogP contribution in [0.15, 0.2) is 53.9 Å². The number of hydrazone groups is 1. The highest BCUT2D eigenvalue weighted by atomic mass is 16.6. The smallest absolute Gasteiger partial charge is 0.428 e. The molecule has 0 saturated heterocycles. The zero-order valence-electron chi connectivity index (χ0n) is 11.4. The largest absolute Gasteiger partial charge is 0.439 e. The molecule has 1 amide bonds. The van der Waals surface area contributed by atoms with E-state index >= 15 is 0 Å². The van der Waals surface area contributed by atoms with Gasteiger partial charge < -0.3 is 10.1 Å². The summed E-state index contributed by atoms with van der Waals surface area (Å²) in [6, 6.07) is 11.5. The van der Waals surface area contributed by atoms with Crippen LogP contribution in [-0.4, -0.2) is 22.9 Å². The molecule has 106 valence electrons. The number of benzene rings is 1. The third-order valence-electron chi connectivity index (χ3n) is 3.09. The molecule has 3 rings (SSSR count). The molecule has 0 aliphatic carbocycles. The minimum absolute atomic E-state index is 0.363. The first-order valence-electron chi connectivity index (χ1n) is 6.54. The van der Waals surface area contributed by atoms with Crippen molar-refractivity contribution in [3.8, 4) is 0 Å². The number of nitrogens with one attached hydrogen (secondary N) is 2. The summed E-state index contributed by atoms with van der Waals surface area (Å²) in [5.41, 5.74) is 5.85. The molecule has 0 spiro atoms. The van der Waals surface area contributed by atoms with Crippen LogP contribution >= 0.6 is 0 Å². The zero-order chi connectivity index (χ0) is 14.7. The molecule has 2 heterocycles. The molecular weight excluding hydrogens is 268 g/mol. The summed E-state index contributed by atoms with van der Waals surface area (Å²) < 4.78 is 5.08. The Labute approximate surface area is 121 Å². The lowest BCUT2D eigenvalue weighted by Crippen LogP contribution is -2.37. The first kappa shape index (κ1) is 13.1. The van der Waals surface area contributed by atoms with Gasteiger partial charge in [0.25, 0.3) is 0 Å². The SMILES string of the molecule is CC1OC(=O)NN=C1c1ccc(Nc2ccncc2)cc1. The van der Waals surface area contributed by atoms with Crippen molar-refractivity contribution in [2.45, 2.75) is 13.0 Å². The van der Waals surface area contributed by atoms with Crippen LogP contribution in [0, 0.1) is 0 Å². The van der Waals surface area contributed by atoms with E-state index in [9.17, 15) is 4.79 Å². The predicted molar refractivity (Wildman–Crippen MR) is 79.6 cm³/mol. The number of carbonyl (C=O) groups excluding carboxylic acids is 1. The standard InChI is InChI=1S/C15H14N4O2/c1-10-14(18-19-15(20)21-10)11-2-4-12(5-3-11)17-13-6-8-16-9-7-13/h2-10H,1H3,(H,16,17)(H,19,20). The number of amides is 1. The van der Waals surface area contributed by atoms with Gasteiger partial charge in [0.2, 0.25) is 0 Å². The molecule has 1 atom stereocenters. The van der Waals surface area contributed by atoms with Crippen LogP contribution in [0.3, 0.4) is 0 Å². The van der Waals surface area contributed by atoms with Crippen molar-refractivity contribution in [2.75, 3.05) is 5.32 Å². The fourth-order valence-corrected chi connectivity index (χ4v) is 2.06. The summed E-state index contributed by atoms with van der Waals surface area (Å²) in [6.45, 7) is 1.79. The maximum atomic E-state index is 11.1. The molecule has 2 aromatic rings. The highest BCUT2D eigenvalue weighted by Crippen LogP contribution is 2.18. The van der Waals surface area contributed by atoms with Crippen molar-refractivity contribution in [1.29, 1.82) is 0 Å². The van der Waals surface area contributed by atoms with Crippen molar-refractivity contribution >= 4 is 23.2 Å². The van der Waals surface area contributed by atoms with Crippen LogP contribution in [0.2, 0.25) is 0 Å². The van der Waals surface area contributed by atoms with E-state index in [0.29, 0.717) is 5.71 Å². The molecule has 1 unspecified atom stereocenters. The minimum atomic E-state index is -0.526. The Kier molecular flexibility index (Phi) is 3.51. The first-order valence-corrected chi connectivity index (χ1v) is 6.54. The van der Waals surface area contributed by atoms with Crippen LogP contribution in [0.1, 0.15) is 12.5 Å². The number of ether oxygens (including phenoxy) is 1. The Morgan fingerprint density at radius 3 is 2.43 bits per heavy atom. The maximum Gasteiger partial charge on any atom is 0.428 e. The number of nitrogens with zero attached hydrogens (tertiary/aromatic N) is 2. The number of rotatable bonds is 3. The van der Waals surface area contributed by atoms with Crippen LogP contribution in [0.4, 0.5) is 16.2 Å². The van der Waals surface area contributed by atoms with E-state index in [1.807, 2.05) is 36.4 Å². The molecule has 0 radical (unpaired) electrons. The molecular formula is C15H14N4O2. The second-order valence-electron chi connectivity index (χ2n) is 4.59. The second kappa shape index (κ2) is 5.62. The van der Waals surface area contributed by atoms with Gasteiger partial charge in [-0.3, -0.25) is 4.98 Å². The fourth-order valence-electron chi connectivity index (χ4n) is 2.06. The molecule has 0 saturated carbocycles. The molecule has 0 fully saturated rings. The van der Waals surface area contributed by atoms with Crippen LogP contribution < -0.4 is 10.7 Å². The van der Waals surface area contributed by atoms with Crippen LogP contribution in [0.5, 0.6) is 0 Å². The molecule has 0 bridgehead atoms. The highest BCUT2D eigenvalue weighted by Gasteiger charge is 2.22. The minimum Gasteiger partial charge on any atom is -0.439 e. The van der Waals surface area contributed by atoms with Gasteiger partial charge in [-0.25, -0.2) is 10.2 Å². The predicted octanol–water partition coefficient (Wildman–Crippen LogP) is 2.66. The lowest BCUT2D eigenvalue weighted by atomic mass is 10.1. The zero-order valence-corrected chi connectivity index (χ0v) is 11.4. The van der Waals surface area contributed by atoms with E-state index in [0.717, 1.165) is 16.9 Å². The second-order valence-corrected chi connectivity index (χ2v) is 4.59. The number of hydrogen-bond donors (Lipinski definition) is 2. The highest BCUT2D eigenvalue weighted by molar-refractivity contribution is 6.05. The van der Waals surface area contributed by atoms with Crippen LogP contribution in [-0.2, 0) is 4.74 Å². The van der Waals surface area contributed by atoms with Gasteiger partial charge in [-0.2, -0.15) is 5.10 Å². The lowest BCUT2D eigenvalue weighted by molar-refractivity contribution is 0.127. The molecule has 6 nitrogen and oxygen atoms in total. The van der Waals surface area contributed by atoms with E-state index in [1.54, 1.807) is 19.3 Å². The first-order chi connectivity index (χ1) is 10.2. The summed E-state index contributed by atoms with van der Waals surface area (Å²) in [5.74, 6) is 0. The van der Waals surface area contributed by atoms with E-state index in [4.69, 9.17) is 4.74 Å². The number of pyridine rings is 1. The summed E-state index contributed by atoms with van der Waals surface area (Å²) in [7, 11) is 0. The average molecular weight is 282 g/mol. The summed E-state index contributed by atoms with van der Waals surface area (Å²) in [6.07, 6.45) is 2.57. The fraction of sp³-hybridized carbons (Fsp3) is 0.133. The molecule has 1 aliphatic heterocycles. The van der Waals surface area contributed by atoms with Crippen molar-refractivity contribution in [1.82, 2.24) is 10.4 Å². The van der Waals surface area contributed by atoms with Crippen molar-refractivity contribution in [3.05, 3.63) is 54.4 Å². The molecule has 1 aromatic carbocycles. The monoisotopic (exact) mass is 282 g/mol. The molecule has 2 N–H and O–H groups in total. The van der Waals surface area contributed by atoms with Crippen molar-refractivity contribution in [2.24, 2.45) is 5.10 Å². The Bertz CT molecular complexity index is 668. The number of carbonyl (C=O) groups is 1. The van der Waals surface area contributed by atoms with E-state index < -0.39 is 6.09 Å². The molecule has 21 heavy (non-hydrogen) atoms. The van der Waals surface area contributed by atoms with Gasteiger partial charge in [-0.05, 0) is 31.2 Å². The average Bonchev–Trinajstić information content (AvgIpc) is 2.49. The number of anilines is 2. The van der Waals surface area contributed by atoms with Crippen LogP contribution in [0.25, 0.3) is 0 Å². The van der Waals surface area contributed by atoms with E-state index in [1.165, 1.54) is 0 Å². The van der Waals surface area contributed by atoms with Gasteiger partial charge >= 0.3 is 6.09 Å². The topological polar surface area (TPSA) is 75.6 Å². The molecule has 1 aromatic heterocycles. The maximum absolute atomic E-state index is 11.1.